The van der Waals surface area contributed by atoms with Gasteiger partial charge in [0.1, 0.15) is 6.04 Å². The molecular formula is C21H19ClN2O5S. The van der Waals surface area contributed by atoms with Crippen molar-refractivity contribution in [2.45, 2.75) is 40.8 Å². The molecule has 2 aliphatic rings. The van der Waals surface area contributed by atoms with Crippen LogP contribution in [-0.2, 0) is 4.79 Å². The molecule has 1 heterocycles. The van der Waals surface area contributed by atoms with E-state index < -0.39 is 22.3 Å². The topological polar surface area (TPSA) is 110 Å². The van der Waals surface area contributed by atoms with Crippen molar-refractivity contribution in [3.63, 3.8) is 0 Å². The molecule has 2 N–H and O–H groups in total. The number of hydrogen-bond acceptors (Lipinski definition) is 6. The van der Waals surface area contributed by atoms with Crippen LogP contribution in [0.2, 0.25) is 0 Å². The molecule has 0 saturated heterocycles. The molecule has 0 amide bonds. The highest BCUT2D eigenvalue weighted by Gasteiger charge is 2.52. The van der Waals surface area contributed by atoms with Crippen LogP contribution < -0.4 is 5.32 Å². The predicted molar refractivity (Wildman–Crippen MR) is 115 cm³/mol. The fourth-order valence-corrected chi connectivity index (χ4v) is 6.39. The lowest BCUT2D eigenvalue weighted by molar-refractivity contribution is -0.387. The van der Waals surface area contributed by atoms with Crippen molar-refractivity contribution < 1.29 is 19.6 Å². The number of nitrogens with zero attached hydrogens (tertiary/aromatic N) is 1. The van der Waals surface area contributed by atoms with E-state index >= 15 is 0 Å². The van der Waals surface area contributed by atoms with Crippen molar-refractivity contribution in [1.82, 2.24) is 0 Å². The van der Waals surface area contributed by atoms with Gasteiger partial charge in [0.2, 0.25) is 0 Å². The van der Waals surface area contributed by atoms with Gasteiger partial charge < -0.3 is 10.4 Å². The number of hydrogen-bond donors (Lipinski definition) is 2. The average molecular weight is 447 g/mol. The predicted octanol–water partition coefficient (Wildman–Crippen LogP) is 4.55. The van der Waals surface area contributed by atoms with Crippen molar-refractivity contribution in [3.05, 3.63) is 63.7 Å². The summed E-state index contributed by atoms with van der Waals surface area (Å²) in [5, 5.41) is 23.6. The third-order valence-electron chi connectivity index (χ3n) is 5.83. The molecule has 0 unspecified atom stereocenters. The van der Waals surface area contributed by atoms with Gasteiger partial charge in [0.15, 0.2) is 5.78 Å². The molecule has 0 aromatic heterocycles. The second-order valence-electron chi connectivity index (χ2n) is 7.57. The molecule has 1 aliphatic heterocycles. The SMILES string of the molecule is CC(=O)c1ccc2c(c1)[C@@H]1[C@@H](Cl)[C@@H](Sc3ccccc3[N+](=O)[O-])C[C@@H]1[C@H](C(=O)O)N2. The number of carbonyl (C=O) groups is 2. The van der Waals surface area contributed by atoms with Crippen molar-refractivity contribution in [3.8, 4) is 0 Å². The van der Waals surface area contributed by atoms with E-state index in [1.54, 1.807) is 36.4 Å². The minimum Gasteiger partial charge on any atom is -0.480 e. The fourth-order valence-electron chi connectivity index (χ4n) is 4.45. The Bertz CT molecular complexity index is 1050. The summed E-state index contributed by atoms with van der Waals surface area (Å²) in [7, 11) is 0. The Balaban J connectivity index is 1.72. The van der Waals surface area contributed by atoms with E-state index in [0.717, 1.165) is 5.56 Å². The second-order valence-corrected chi connectivity index (χ2v) is 9.35. The Morgan fingerprint density at radius 1 is 1.27 bits per heavy atom. The molecule has 0 radical (unpaired) electrons. The molecule has 2 aromatic carbocycles. The summed E-state index contributed by atoms with van der Waals surface area (Å²) in [5.74, 6) is -1.61. The van der Waals surface area contributed by atoms with Crippen LogP contribution in [0.25, 0.3) is 0 Å². The maximum atomic E-state index is 11.9. The highest BCUT2D eigenvalue weighted by molar-refractivity contribution is 8.00. The maximum Gasteiger partial charge on any atom is 0.326 e. The van der Waals surface area contributed by atoms with Crippen LogP contribution in [0, 0.1) is 16.0 Å². The molecule has 30 heavy (non-hydrogen) atoms. The van der Waals surface area contributed by atoms with Gasteiger partial charge in [0.25, 0.3) is 5.69 Å². The second kappa shape index (κ2) is 7.92. The monoisotopic (exact) mass is 446 g/mol. The molecule has 1 fully saturated rings. The van der Waals surface area contributed by atoms with Crippen LogP contribution in [0.5, 0.6) is 0 Å². The number of rotatable bonds is 5. The summed E-state index contributed by atoms with van der Waals surface area (Å²) in [4.78, 5) is 35.3. The van der Waals surface area contributed by atoms with Crippen molar-refractivity contribution >= 4 is 46.5 Å². The van der Waals surface area contributed by atoms with Crippen LogP contribution in [0.3, 0.4) is 0 Å². The fraction of sp³-hybridized carbons (Fsp3) is 0.333. The standard InChI is InChI=1S/C21H19ClN2O5S/c1-10(25)11-6-7-14-12(8-11)18-13(20(23-14)21(26)27)9-17(19(18)22)30-16-5-3-2-4-15(16)24(28)29/h2-8,13,17-20,23H,9H2,1H3,(H,26,27)/t13-,17-,18-,19-,20+/m0/s1. The largest absolute Gasteiger partial charge is 0.480 e. The number of para-hydroxylation sites is 1. The number of Topliss-reactive ketones (excluding diaryl/α,β-unsaturated/α-hetero) is 1. The molecule has 9 heteroatoms. The number of carboxylic acids is 1. The van der Waals surface area contributed by atoms with E-state index in [9.17, 15) is 24.8 Å². The first kappa shape index (κ1) is 20.7. The van der Waals surface area contributed by atoms with Crippen LogP contribution in [0.15, 0.2) is 47.4 Å². The Hall–Kier alpha value is -2.58. The van der Waals surface area contributed by atoms with E-state index in [0.29, 0.717) is 22.6 Å². The Labute approximate surface area is 182 Å². The number of alkyl halides is 1. The number of nitro benzene ring substituents is 1. The average Bonchev–Trinajstić information content (AvgIpc) is 3.03. The van der Waals surface area contributed by atoms with E-state index in [4.69, 9.17) is 11.6 Å². The van der Waals surface area contributed by atoms with Crippen molar-refractivity contribution in [2.24, 2.45) is 5.92 Å². The molecule has 156 valence electrons. The Morgan fingerprint density at radius 2 is 2.00 bits per heavy atom. The van der Waals surface area contributed by atoms with Gasteiger partial charge >= 0.3 is 5.97 Å². The third kappa shape index (κ3) is 3.54. The minimum atomic E-state index is -0.966. The van der Waals surface area contributed by atoms with Gasteiger partial charge in [0.05, 0.1) is 15.2 Å². The summed E-state index contributed by atoms with van der Waals surface area (Å²) >= 11 is 8.18. The zero-order valence-electron chi connectivity index (χ0n) is 15.9. The van der Waals surface area contributed by atoms with Gasteiger partial charge in [-0.05, 0) is 49.1 Å². The van der Waals surface area contributed by atoms with E-state index in [2.05, 4.69) is 5.32 Å². The summed E-state index contributed by atoms with van der Waals surface area (Å²) in [6, 6.07) is 10.8. The lowest BCUT2D eigenvalue weighted by Crippen LogP contribution is -2.42. The Kier molecular flexibility index (Phi) is 5.46. The first-order valence-corrected chi connectivity index (χ1v) is 10.8. The number of fused-ring (bicyclic) bond motifs is 3. The molecule has 4 rings (SSSR count). The highest BCUT2D eigenvalue weighted by atomic mass is 35.5. The van der Waals surface area contributed by atoms with Crippen LogP contribution >= 0.6 is 23.4 Å². The van der Waals surface area contributed by atoms with Gasteiger partial charge in [-0.3, -0.25) is 14.9 Å². The number of thioether (sulfide) groups is 1. The first-order chi connectivity index (χ1) is 14.3. The molecule has 0 bridgehead atoms. The molecule has 5 atom stereocenters. The quantitative estimate of drug-likeness (QED) is 0.300. The molecule has 2 aromatic rings. The number of ketones is 1. The number of anilines is 1. The Morgan fingerprint density at radius 3 is 2.67 bits per heavy atom. The number of nitrogens with one attached hydrogen (secondary N) is 1. The highest BCUT2D eigenvalue weighted by Crippen LogP contribution is 2.55. The summed E-state index contributed by atoms with van der Waals surface area (Å²) < 4.78 is 0. The maximum absolute atomic E-state index is 11.9. The van der Waals surface area contributed by atoms with E-state index in [1.807, 2.05) is 0 Å². The lowest BCUT2D eigenvalue weighted by Gasteiger charge is -2.36. The van der Waals surface area contributed by atoms with E-state index in [-0.39, 0.29) is 28.6 Å². The number of benzene rings is 2. The molecule has 1 saturated carbocycles. The number of carboxylic acid groups (broad SMARTS) is 1. The molecule has 0 spiro atoms. The van der Waals surface area contributed by atoms with Gasteiger partial charge in [-0.1, -0.05) is 12.1 Å². The summed E-state index contributed by atoms with van der Waals surface area (Å²) in [6.07, 6.45) is 0.489. The zero-order chi connectivity index (χ0) is 21.6. The lowest BCUT2D eigenvalue weighted by atomic mass is 9.79. The zero-order valence-corrected chi connectivity index (χ0v) is 17.5. The van der Waals surface area contributed by atoms with Crippen molar-refractivity contribution in [2.75, 3.05) is 5.32 Å². The molecular weight excluding hydrogens is 428 g/mol. The normalized spacial score (nSPS) is 26.9. The summed E-state index contributed by atoms with van der Waals surface area (Å²) in [6.45, 7) is 1.48. The first-order valence-electron chi connectivity index (χ1n) is 9.46. The summed E-state index contributed by atoms with van der Waals surface area (Å²) in [5.41, 5.74) is 2.04. The van der Waals surface area contributed by atoms with Crippen LogP contribution in [0.1, 0.15) is 35.2 Å². The number of halogens is 1. The third-order valence-corrected chi connectivity index (χ3v) is 7.94. The van der Waals surface area contributed by atoms with Crippen molar-refractivity contribution in [1.29, 1.82) is 0 Å². The number of carbonyl (C=O) groups excluding carboxylic acids is 1. The number of aliphatic carboxylic acids is 1. The molecule has 1 aliphatic carbocycles. The number of nitro groups is 1. The minimum absolute atomic E-state index is 0.00779. The van der Waals surface area contributed by atoms with Crippen LogP contribution in [0.4, 0.5) is 11.4 Å². The van der Waals surface area contributed by atoms with Gasteiger partial charge in [0, 0.05) is 28.5 Å². The van der Waals surface area contributed by atoms with Gasteiger partial charge in [-0.2, -0.15) is 0 Å². The van der Waals surface area contributed by atoms with Gasteiger partial charge in [-0.25, -0.2) is 4.79 Å². The van der Waals surface area contributed by atoms with Gasteiger partial charge in [-0.15, -0.1) is 23.4 Å². The van der Waals surface area contributed by atoms with Crippen LogP contribution in [-0.4, -0.2) is 38.5 Å². The van der Waals surface area contributed by atoms with E-state index in [1.165, 1.54) is 24.8 Å². The molecule has 7 nitrogen and oxygen atoms in total. The smallest absolute Gasteiger partial charge is 0.326 e.